The Morgan fingerprint density at radius 2 is 1.79 bits per heavy atom. The van der Waals surface area contributed by atoms with Crippen LogP contribution >= 0.6 is 0 Å². The van der Waals surface area contributed by atoms with Gasteiger partial charge in [-0.1, -0.05) is 24.3 Å². The fourth-order valence-electron chi connectivity index (χ4n) is 3.64. The van der Waals surface area contributed by atoms with Gasteiger partial charge in [0.2, 0.25) is 0 Å². The highest BCUT2D eigenvalue weighted by Gasteiger charge is 2.13. The number of carbonyl (C=O) groups is 1. The number of nitrogens with zero attached hydrogens (tertiary/aromatic N) is 2. The predicted molar refractivity (Wildman–Crippen MR) is 131 cm³/mol. The maximum Gasteiger partial charge on any atom is 0.319 e. The van der Waals surface area contributed by atoms with Crippen molar-refractivity contribution in [2.45, 2.75) is 19.8 Å². The Bertz CT molecular complexity index is 1070. The third-order valence-corrected chi connectivity index (χ3v) is 5.48. The summed E-state index contributed by atoms with van der Waals surface area (Å²) in [7, 11) is 1.65. The molecule has 0 bridgehead atoms. The van der Waals surface area contributed by atoms with Crippen LogP contribution < -0.4 is 20.3 Å². The molecule has 34 heavy (non-hydrogen) atoms. The highest BCUT2D eigenvalue weighted by atomic mass is 16.5. The number of pyridine rings is 1. The number of hydrogen-bond acceptors (Lipinski definition) is 6. The smallest absolute Gasteiger partial charge is 0.319 e. The molecule has 1 fully saturated rings. The molecule has 0 unspecified atom stereocenters. The number of carbonyl (C=O) groups excluding carboxylic acids is 1. The normalized spacial score (nSPS) is 13.4. The van der Waals surface area contributed by atoms with Gasteiger partial charge in [-0.05, 0) is 53.1 Å². The Balaban J connectivity index is 1.23. The monoisotopic (exact) mass is 462 g/mol. The van der Waals surface area contributed by atoms with E-state index in [1.807, 2.05) is 60.7 Å². The molecule has 1 aliphatic rings. The SMILES string of the molecule is COc1ccc(COCc2cccc(NC(=O)NCc3ccnc(N4CCOCC4)c3)c2)cc1. The first-order valence-electron chi connectivity index (χ1n) is 11.3. The standard InChI is InChI=1S/C26H30N4O4/c1-32-24-7-5-20(6-8-24)18-34-19-22-3-2-4-23(15-22)29-26(31)28-17-21-9-10-27-25(16-21)30-11-13-33-14-12-30/h2-10,15-16H,11-14,17-19H2,1H3,(H2,28,29,31). The second kappa shape index (κ2) is 12.0. The van der Waals surface area contributed by atoms with E-state index < -0.39 is 0 Å². The van der Waals surface area contributed by atoms with Crippen LogP contribution in [0.2, 0.25) is 0 Å². The summed E-state index contributed by atoms with van der Waals surface area (Å²) in [6.07, 6.45) is 1.77. The number of aromatic nitrogens is 1. The Morgan fingerprint density at radius 1 is 1.00 bits per heavy atom. The summed E-state index contributed by atoms with van der Waals surface area (Å²) in [5.74, 6) is 1.73. The highest BCUT2D eigenvalue weighted by molar-refractivity contribution is 5.89. The average molecular weight is 463 g/mol. The van der Waals surface area contributed by atoms with E-state index in [4.69, 9.17) is 14.2 Å². The number of morpholine rings is 1. The second-order valence-corrected chi connectivity index (χ2v) is 7.97. The van der Waals surface area contributed by atoms with Crippen LogP contribution in [0.5, 0.6) is 5.75 Å². The largest absolute Gasteiger partial charge is 0.497 e. The minimum atomic E-state index is -0.263. The lowest BCUT2D eigenvalue weighted by atomic mass is 10.2. The van der Waals surface area contributed by atoms with Crippen LogP contribution in [0.25, 0.3) is 0 Å². The molecule has 8 nitrogen and oxygen atoms in total. The number of nitrogens with one attached hydrogen (secondary N) is 2. The van der Waals surface area contributed by atoms with Gasteiger partial charge in [0.25, 0.3) is 0 Å². The van der Waals surface area contributed by atoms with Crippen molar-refractivity contribution >= 4 is 17.5 Å². The Hall–Kier alpha value is -3.62. The molecule has 1 aliphatic heterocycles. The number of rotatable bonds is 9. The summed E-state index contributed by atoms with van der Waals surface area (Å²) in [4.78, 5) is 19.1. The number of amides is 2. The first-order chi connectivity index (χ1) is 16.7. The van der Waals surface area contributed by atoms with Gasteiger partial charge in [-0.3, -0.25) is 0 Å². The lowest BCUT2D eigenvalue weighted by Crippen LogP contribution is -2.36. The minimum absolute atomic E-state index is 0.263. The summed E-state index contributed by atoms with van der Waals surface area (Å²) >= 11 is 0. The number of hydrogen-bond donors (Lipinski definition) is 2. The average Bonchev–Trinajstić information content (AvgIpc) is 2.89. The number of benzene rings is 2. The summed E-state index contributed by atoms with van der Waals surface area (Å²) in [5, 5.41) is 5.80. The summed E-state index contributed by atoms with van der Waals surface area (Å²) < 4.78 is 16.4. The van der Waals surface area contributed by atoms with E-state index in [0.717, 1.165) is 41.3 Å². The van der Waals surface area contributed by atoms with Crippen molar-refractivity contribution in [3.63, 3.8) is 0 Å². The van der Waals surface area contributed by atoms with Crippen LogP contribution in [-0.2, 0) is 29.2 Å². The Labute approximate surface area is 199 Å². The minimum Gasteiger partial charge on any atom is -0.497 e. The molecular formula is C26H30N4O4. The zero-order chi connectivity index (χ0) is 23.6. The molecule has 1 saturated heterocycles. The first kappa shape index (κ1) is 23.5. The molecule has 0 atom stereocenters. The van der Waals surface area contributed by atoms with Gasteiger partial charge in [0.1, 0.15) is 11.6 Å². The molecule has 1 aromatic heterocycles. The van der Waals surface area contributed by atoms with Crippen LogP contribution in [0.4, 0.5) is 16.3 Å². The molecule has 178 valence electrons. The Morgan fingerprint density at radius 3 is 2.59 bits per heavy atom. The van der Waals surface area contributed by atoms with Crippen molar-refractivity contribution in [1.82, 2.24) is 10.3 Å². The zero-order valence-corrected chi connectivity index (χ0v) is 19.3. The lowest BCUT2D eigenvalue weighted by Gasteiger charge is -2.28. The number of methoxy groups -OCH3 is 1. The van der Waals surface area contributed by atoms with Gasteiger partial charge in [0.05, 0.1) is 33.5 Å². The molecule has 4 rings (SSSR count). The predicted octanol–water partition coefficient (Wildman–Crippen LogP) is 3.97. The molecule has 0 spiro atoms. The number of urea groups is 1. The van der Waals surface area contributed by atoms with Crippen LogP contribution in [0, 0.1) is 0 Å². The first-order valence-corrected chi connectivity index (χ1v) is 11.3. The Kier molecular flexibility index (Phi) is 8.32. The molecular weight excluding hydrogens is 432 g/mol. The molecule has 2 heterocycles. The van der Waals surface area contributed by atoms with Gasteiger partial charge in [-0.25, -0.2) is 9.78 Å². The van der Waals surface area contributed by atoms with Gasteiger partial charge in [0, 0.05) is 31.5 Å². The fourth-order valence-corrected chi connectivity index (χ4v) is 3.64. The highest BCUT2D eigenvalue weighted by Crippen LogP contribution is 2.16. The second-order valence-electron chi connectivity index (χ2n) is 7.97. The maximum absolute atomic E-state index is 12.4. The lowest BCUT2D eigenvalue weighted by molar-refractivity contribution is 0.107. The molecule has 0 aliphatic carbocycles. The summed E-state index contributed by atoms with van der Waals surface area (Å²) in [6.45, 7) is 4.42. The van der Waals surface area contributed by atoms with E-state index in [0.29, 0.717) is 38.7 Å². The van der Waals surface area contributed by atoms with Crippen LogP contribution in [0.15, 0.2) is 66.9 Å². The summed E-state index contributed by atoms with van der Waals surface area (Å²) in [6, 6.07) is 19.1. The molecule has 2 aromatic carbocycles. The van der Waals surface area contributed by atoms with E-state index >= 15 is 0 Å². The van der Waals surface area contributed by atoms with E-state index in [1.165, 1.54) is 0 Å². The van der Waals surface area contributed by atoms with Gasteiger partial charge >= 0.3 is 6.03 Å². The van der Waals surface area contributed by atoms with Crippen molar-refractivity contribution < 1.29 is 19.0 Å². The van der Waals surface area contributed by atoms with E-state index in [-0.39, 0.29) is 6.03 Å². The molecule has 0 radical (unpaired) electrons. The van der Waals surface area contributed by atoms with Crippen molar-refractivity contribution in [1.29, 1.82) is 0 Å². The molecule has 8 heteroatoms. The quantitative estimate of drug-likeness (QED) is 0.501. The van der Waals surface area contributed by atoms with Gasteiger partial charge in [-0.15, -0.1) is 0 Å². The topological polar surface area (TPSA) is 85.0 Å². The van der Waals surface area contributed by atoms with E-state index in [2.05, 4.69) is 20.5 Å². The zero-order valence-electron chi connectivity index (χ0n) is 19.3. The van der Waals surface area contributed by atoms with Crippen molar-refractivity contribution in [2.24, 2.45) is 0 Å². The third kappa shape index (κ3) is 6.94. The summed E-state index contributed by atoms with van der Waals surface area (Å²) in [5.41, 5.74) is 3.76. The molecule has 2 N–H and O–H groups in total. The van der Waals surface area contributed by atoms with Crippen molar-refractivity contribution in [3.05, 3.63) is 83.6 Å². The molecule has 2 amide bonds. The van der Waals surface area contributed by atoms with Gasteiger partial charge < -0.3 is 29.7 Å². The van der Waals surface area contributed by atoms with Gasteiger partial charge in [0.15, 0.2) is 0 Å². The number of anilines is 2. The van der Waals surface area contributed by atoms with E-state index in [1.54, 1.807) is 13.3 Å². The van der Waals surface area contributed by atoms with E-state index in [9.17, 15) is 4.79 Å². The fraction of sp³-hybridized carbons (Fsp3) is 0.308. The van der Waals surface area contributed by atoms with Crippen LogP contribution in [-0.4, -0.2) is 44.4 Å². The molecule has 3 aromatic rings. The van der Waals surface area contributed by atoms with Crippen LogP contribution in [0.3, 0.4) is 0 Å². The van der Waals surface area contributed by atoms with Crippen molar-refractivity contribution in [3.8, 4) is 5.75 Å². The number of ether oxygens (including phenoxy) is 3. The maximum atomic E-state index is 12.4. The van der Waals surface area contributed by atoms with Crippen LogP contribution in [0.1, 0.15) is 16.7 Å². The molecule has 0 saturated carbocycles. The third-order valence-electron chi connectivity index (χ3n) is 5.48. The van der Waals surface area contributed by atoms with Crippen molar-refractivity contribution in [2.75, 3.05) is 43.6 Å². The van der Waals surface area contributed by atoms with Gasteiger partial charge in [-0.2, -0.15) is 0 Å².